The molecule has 0 N–H and O–H groups in total. The molecule has 2 aromatic carbocycles. The number of piperazine rings is 1. The topological polar surface area (TPSA) is 76.9 Å². The number of fused-ring (bicyclic) bond motifs is 1. The van der Waals surface area contributed by atoms with Crippen LogP contribution in [0.3, 0.4) is 0 Å². The first-order valence-electron chi connectivity index (χ1n) is 10.4. The lowest BCUT2D eigenvalue weighted by Crippen LogP contribution is -2.48. The Morgan fingerprint density at radius 1 is 0.970 bits per heavy atom. The molecule has 0 saturated carbocycles. The minimum atomic E-state index is -0.512. The first kappa shape index (κ1) is 21.8. The van der Waals surface area contributed by atoms with E-state index in [1.54, 1.807) is 24.3 Å². The lowest BCUT2D eigenvalue weighted by molar-refractivity contribution is 0.0628. The van der Waals surface area contributed by atoms with E-state index in [1.165, 1.54) is 6.20 Å². The smallest absolute Gasteiger partial charge is 0.291 e. The van der Waals surface area contributed by atoms with Crippen molar-refractivity contribution in [1.29, 1.82) is 0 Å². The van der Waals surface area contributed by atoms with E-state index in [9.17, 15) is 9.59 Å². The van der Waals surface area contributed by atoms with Crippen LogP contribution in [-0.4, -0.2) is 58.5 Å². The highest BCUT2D eigenvalue weighted by Crippen LogP contribution is 2.32. The summed E-state index contributed by atoms with van der Waals surface area (Å²) in [6, 6.07) is 12.7. The zero-order chi connectivity index (χ0) is 22.9. The second-order valence-electron chi connectivity index (χ2n) is 7.83. The highest BCUT2D eigenvalue weighted by Gasteiger charge is 2.23. The van der Waals surface area contributed by atoms with Crippen LogP contribution in [0, 0.1) is 0 Å². The molecule has 1 amide bonds. The molecule has 0 spiro atoms. The molecule has 10 heteroatoms. The van der Waals surface area contributed by atoms with Crippen LogP contribution in [0.15, 0.2) is 53.5 Å². The fourth-order valence-corrected chi connectivity index (χ4v) is 4.18. The van der Waals surface area contributed by atoms with Gasteiger partial charge >= 0.3 is 0 Å². The predicted molar refractivity (Wildman–Crippen MR) is 124 cm³/mol. The van der Waals surface area contributed by atoms with E-state index in [1.807, 2.05) is 23.1 Å². The standard InChI is InChI=1S/C23H20Cl2N4O4/c24-18-12-26-29(23(31)21(18)25)17-4-2-16(3-5-17)22(30)28-9-7-27(8-10-28)13-15-1-6-19-20(11-15)33-14-32-19/h1-6,11-12H,7-10,13-14H2. The molecule has 2 aliphatic heterocycles. The Balaban J connectivity index is 1.20. The van der Waals surface area contributed by atoms with Crippen molar-refractivity contribution in [2.45, 2.75) is 6.54 Å². The molecule has 3 heterocycles. The second-order valence-corrected chi connectivity index (χ2v) is 8.61. The van der Waals surface area contributed by atoms with E-state index in [-0.39, 0.29) is 22.7 Å². The monoisotopic (exact) mass is 486 g/mol. The third-order valence-corrected chi connectivity index (χ3v) is 6.49. The zero-order valence-electron chi connectivity index (χ0n) is 17.5. The van der Waals surface area contributed by atoms with Crippen molar-refractivity contribution in [2.75, 3.05) is 33.0 Å². The molecular formula is C23H20Cl2N4O4. The summed E-state index contributed by atoms with van der Waals surface area (Å²) in [6.07, 6.45) is 1.31. The van der Waals surface area contributed by atoms with Crippen molar-refractivity contribution in [3.63, 3.8) is 0 Å². The number of amides is 1. The molecule has 0 bridgehead atoms. The molecular weight excluding hydrogens is 467 g/mol. The summed E-state index contributed by atoms with van der Waals surface area (Å²) in [4.78, 5) is 29.4. The maximum Gasteiger partial charge on any atom is 0.291 e. The number of aromatic nitrogens is 2. The van der Waals surface area contributed by atoms with E-state index in [2.05, 4.69) is 10.00 Å². The van der Waals surface area contributed by atoms with Gasteiger partial charge in [0.1, 0.15) is 5.02 Å². The average molecular weight is 487 g/mol. The number of nitrogens with zero attached hydrogens (tertiary/aromatic N) is 4. The Bertz CT molecular complexity index is 1250. The number of rotatable bonds is 4. The Kier molecular flexibility index (Phi) is 5.97. The molecule has 1 fully saturated rings. The highest BCUT2D eigenvalue weighted by atomic mass is 35.5. The number of benzene rings is 2. The molecule has 8 nitrogen and oxygen atoms in total. The Hall–Kier alpha value is -3.07. The minimum Gasteiger partial charge on any atom is -0.454 e. The van der Waals surface area contributed by atoms with Gasteiger partial charge in [-0.2, -0.15) is 9.78 Å². The molecule has 0 radical (unpaired) electrons. The van der Waals surface area contributed by atoms with Crippen molar-refractivity contribution in [2.24, 2.45) is 0 Å². The van der Waals surface area contributed by atoms with Crippen LogP contribution in [0.25, 0.3) is 5.69 Å². The number of hydrogen-bond donors (Lipinski definition) is 0. The van der Waals surface area contributed by atoms with Crippen molar-refractivity contribution < 1.29 is 14.3 Å². The lowest BCUT2D eigenvalue weighted by atomic mass is 10.1. The normalized spacial score (nSPS) is 15.6. The van der Waals surface area contributed by atoms with Crippen LogP contribution in [0.5, 0.6) is 11.5 Å². The maximum atomic E-state index is 13.0. The molecule has 170 valence electrons. The molecule has 33 heavy (non-hydrogen) atoms. The number of halogens is 2. The molecule has 5 rings (SSSR count). The predicted octanol–water partition coefficient (Wildman–Crippen LogP) is 3.23. The third kappa shape index (κ3) is 4.42. The van der Waals surface area contributed by atoms with Gasteiger partial charge in [-0.3, -0.25) is 14.5 Å². The Morgan fingerprint density at radius 2 is 1.70 bits per heavy atom. The summed E-state index contributed by atoms with van der Waals surface area (Å²) in [5, 5.41) is 4.01. The maximum absolute atomic E-state index is 13.0. The van der Waals surface area contributed by atoms with Gasteiger partial charge in [0.15, 0.2) is 11.5 Å². The van der Waals surface area contributed by atoms with Crippen LogP contribution < -0.4 is 15.0 Å². The van der Waals surface area contributed by atoms with Gasteiger partial charge in [-0.25, -0.2) is 0 Å². The number of carbonyl (C=O) groups is 1. The van der Waals surface area contributed by atoms with Crippen molar-refractivity contribution in [3.05, 3.63) is 80.2 Å². The van der Waals surface area contributed by atoms with E-state index in [0.717, 1.165) is 41.4 Å². The van der Waals surface area contributed by atoms with E-state index < -0.39 is 5.56 Å². The van der Waals surface area contributed by atoms with Gasteiger partial charge in [0.25, 0.3) is 11.5 Å². The van der Waals surface area contributed by atoms with Crippen LogP contribution in [-0.2, 0) is 6.54 Å². The molecule has 1 saturated heterocycles. The first-order chi connectivity index (χ1) is 16.0. The fraction of sp³-hybridized carbons (Fsp3) is 0.261. The Labute approximate surface area is 199 Å². The highest BCUT2D eigenvalue weighted by molar-refractivity contribution is 6.41. The average Bonchev–Trinajstić information content (AvgIpc) is 3.31. The summed E-state index contributed by atoms with van der Waals surface area (Å²) in [5.41, 5.74) is 1.70. The number of ether oxygens (including phenoxy) is 2. The summed E-state index contributed by atoms with van der Waals surface area (Å²) in [5.74, 6) is 1.52. The van der Waals surface area contributed by atoms with E-state index >= 15 is 0 Å². The molecule has 3 aromatic rings. The van der Waals surface area contributed by atoms with Gasteiger partial charge in [0.05, 0.1) is 16.9 Å². The molecule has 0 aliphatic carbocycles. The SMILES string of the molecule is O=C(c1ccc(-n2ncc(Cl)c(Cl)c2=O)cc1)N1CCN(Cc2ccc3c(c2)OCO3)CC1. The third-order valence-electron chi connectivity index (χ3n) is 5.74. The quantitative estimate of drug-likeness (QED) is 0.563. The minimum absolute atomic E-state index is 0.0428. The number of hydrogen-bond acceptors (Lipinski definition) is 6. The summed E-state index contributed by atoms with van der Waals surface area (Å²) < 4.78 is 12.0. The van der Waals surface area contributed by atoms with Crippen LogP contribution >= 0.6 is 23.2 Å². The van der Waals surface area contributed by atoms with Crippen LogP contribution in [0.4, 0.5) is 0 Å². The number of carbonyl (C=O) groups excluding carboxylic acids is 1. The fourth-order valence-electron chi connectivity index (χ4n) is 3.93. The van der Waals surface area contributed by atoms with Gasteiger partial charge in [0.2, 0.25) is 6.79 Å². The van der Waals surface area contributed by atoms with Gasteiger partial charge in [-0.1, -0.05) is 29.3 Å². The summed E-state index contributed by atoms with van der Waals surface area (Å²) in [7, 11) is 0. The van der Waals surface area contributed by atoms with Crippen molar-refractivity contribution >= 4 is 29.1 Å². The summed E-state index contributed by atoms with van der Waals surface area (Å²) in [6.45, 7) is 3.89. The van der Waals surface area contributed by atoms with E-state index in [4.69, 9.17) is 32.7 Å². The summed E-state index contributed by atoms with van der Waals surface area (Å²) >= 11 is 11.8. The molecule has 2 aliphatic rings. The largest absolute Gasteiger partial charge is 0.454 e. The lowest BCUT2D eigenvalue weighted by Gasteiger charge is -2.34. The van der Waals surface area contributed by atoms with Gasteiger partial charge in [-0.05, 0) is 42.0 Å². The second kappa shape index (κ2) is 9.05. The first-order valence-corrected chi connectivity index (χ1v) is 11.2. The van der Waals surface area contributed by atoms with Crippen molar-refractivity contribution in [1.82, 2.24) is 19.6 Å². The van der Waals surface area contributed by atoms with Crippen LogP contribution in [0.1, 0.15) is 15.9 Å². The van der Waals surface area contributed by atoms with E-state index in [0.29, 0.717) is 24.3 Å². The van der Waals surface area contributed by atoms with Gasteiger partial charge < -0.3 is 14.4 Å². The molecule has 1 aromatic heterocycles. The van der Waals surface area contributed by atoms with Gasteiger partial charge in [0, 0.05) is 38.3 Å². The van der Waals surface area contributed by atoms with Crippen molar-refractivity contribution in [3.8, 4) is 17.2 Å². The van der Waals surface area contributed by atoms with Crippen LogP contribution in [0.2, 0.25) is 10.0 Å². The van der Waals surface area contributed by atoms with Gasteiger partial charge in [-0.15, -0.1) is 0 Å². The molecule has 0 atom stereocenters. The Morgan fingerprint density at radius 3 is 2.45 bits per heavy atom. The molecule has 0 unspecified atom stereocenters. The zero-order valence-corrected chi connectivity index (χ0v) is 19.1.